The molecule has 3 N–H and O–H groups in total. The second-order valence-electron chi connectivity index (χ2n) is 4.00. The van der Waals surface area contributed by atoms with Crippen LogP contribution in [0.2, 0.25) is 0 Å². The van der Waals surface area contributed by atoms with Crippen molar-refractivity contribution in [1.29, 1.82) is 0 Å². The van der Waals surface area contributed by atoms with E-state index in [0.29, 0.717) is 12.2 Å². The maximum atomic E-state index is 11.5. The van der Waals surface area contributed by atoms with Crippen molar-refractivity contribution >= 4 is 11.8 Å². The van der Waals surface area contributed by atoms with Crippen molar-refractivity contribution in [3.63, 3.8) is 0 Å². The highest BCUT2D eigenvalue weighted by atomic mass is 16.5. The third-order valence-corrected chi connectivity index (χ3v) is 2.47. The fourth-order valence-electron chi connectivity index (χ4n) is 1.48. The number of pyridine rings is 1. The Morgan fingerprint density at radius 1 is 1.21 bits per heavy atom. The third kappa shape index (κ3) is 4.31. The van der Waals surface area contributed by atoms with Gasteiger partial charge in [-0.15, -0.1) is 0 Å². The minimum Gasteiger partial charge on any atom is -0.445 e. The maximum Gasteiger partial charge on any atom is 0.407 e. The van der Waals surface area contributed by atoms with Crippen LogP contribution >= 0.6 is 0 Å². The number of hydrogen-bond acceptors (Lipinski definition) is 4. The molecule has 0 aliphatic rings. The molecule has 0 aliphatic heterocycles. The van der Waals surface area contributed by atoms with Gasteiger partial charge in [-0.1, -0.05) is 30.3 Å². The molecule has 98 valence electrons. The number of ether oxygens (including phenoxy) is 1. The van der Waals surface area contributed by atoms with Crippen LogP contribution in [-0.2, 0) is 17.9 Å². The van der Waals surface area contributed by atoms with Crippen LogP contribution in [0.15, 0.2) is 48.7 Å². The van der Waals surface area contributed by atoms with Crippen LogP contribution in [0.5, 0.6) is 0 Å². The van der Waals surface area contributed by atoms with Crippen LogP contribution in [0, 0.1) is 0 Å². The van der Waals surface area contributed by atoms with Gasteiger partial charge in [0.25, 0.3) is 0 Å². The molecule has 0 saturated heterocycles. The Balaban J connectivity index is 1.74. The summed E-state index contributed by atoms with van der Waals surface area (Å²) >= 11 is 0. The average Bonchev–Trinajstić information content (AvgIpc) is 2.45. The van der Waals surface area contributed by atoms with Gasteiger partial charge in [-0.25, -0.2) is 4.79 Å². The molecule has 2 rings (SSSR count). The number of benzene rings is 1. The Bertz CT molecular complexity index is 526. The number of aromatic nitrogens is 1. The monoisotopic (exact) mass is 257 g/mol. The summed E-state index contributed by atoms with van der Waals surface area (Å²) < 4.78 is 5.07. The first kappa shape index (κ1) is 12.9. The zero-order valence-electron chi connectivity index (χ0n) is 10.4. The van der Waals surface area contributed by atoms with Crippen molar-refractivity contribution in [2.45, 2.75) is 13.2 Å². The lowest BCUT2D eigenvalue weighted by Crippen LogP contribution is -2.24. The molecule has 0 radical (unpaired) electrons. The lowest BCUT2D eigenvalue weighted by atomic mass is 10.2. The average molecular weight is 257 g/mol. The summed E-state index contributed by atoms with van der Waals surface area (Å²) in [7, 11) is 0. The van der Waals surface area contributed by atoms with E-state index in [1.807, 2.05) is 30.3 Å². The number of nitrogens with zero attached hydrogens (tertiary/aromatic N) is 1. The van der Waals surface area contributed by atoms with Gasteiger partial charge < -0.3 is 15.8 Å². The third-order valence-electron chi connectivity index (χ3n) is 2.47. The molecule has 0 spiro atoms. The first-order valence-corrected chi connectivity index (χ1v) is 5.89. The number of carbonyl (C=O) groups excluding carboxylic acids is 1. The van der Waals surface area contributed by atoms with Gasteiger partial charge in [0, 0.05) is 0 Å². The number of rotatable bonds is 4. The van der Waals surface area contributed by atoms with Crippen molar-refractivity contribution < 1.29 is 9.53 Å². The molecule has 5 nitrogen and oxygen atoms in total. The van der Waals surface area contributed by atoms with E-state index in [4.69, 9.17) is 10.5 Å². The Morgan fingerprint density at radius 3 is 2.68 bits per heavy atom. The topological polar surface area (TPSA) is 77.2 Å². The molecule has 0 bridgehead atoms. The normalized spacial score (nSPS) is 9.89. The van der Waals surface area contributed by atoms with Crippen LogP contribution in [0.3, 0.4) is 0 Å². The van der Waals surface area contributed by atoms with Crippen LogP contribution < -0.4 is 11.1 Å². The summed E-state index contributed by atoms with van der Waals surface area (Å²) in [5, 5.41) is 2.62. The van der Waals surface area contributed by atoms with Gasteiger partial charge >= 0.3 is 6.09 Å². The number of carbonyl (C=O) groups is 1. The summed E-state index contributed by atoms with van der Waals surface area (Å²) in [5.74, 6) is 0. The standard InChI is InChI=1S/C14H15N3O2/c15-12-6-7-13(16-8-12)9-17-14(18)19-10-11-4-2-1-3-5-11/h1-8H,9-10,15H2,(H,17,18). The van der Waals surface area contributed by atoms with E-state index in [1.165, 1.54) is 0 Å². The lowest BCUT2D eigenvalue weighted by molar-refractivity contribution is 0.139. The highest BCUT2D eigenvalue weighted by Crippen LogP contribution is 2.02. The zero-order valence-corrected chi connectivity index (χ0v) is 10.4. The van der Waals surface area contributed by atoms with Crippen molar-refractivity contribution in [2.24, 2.45) is 0 Å². The predicted molar refractivity (Wildman–Crippen MR) is 72.1 cm³/mol. The van der Waals surface area contributed by atoms with Gasteiger partial charge in [0.1, 0.15) is 6.61 Å². The fraction of sp³-hybridized carbons (Fsp3) is 0.143. The smallest absolute Gasteiger partial charge is 0.407 e. The molecular formula is C14H15N3O2. The Labute approximate surface area is 111 Å². The van der Waals surface area contributed by atoms with Crippen LogP contribution in [0.4, 0.5) is 10.5 Å². The summed E-state index contributed by atoms with van der Waals surface area (Å²) in [4.78, 5) is 15.5. The highest BCUT2D eigenvalue weighted by molar-refractivity contribution is 5.67. The molecule has 0 saturated carbocycles. The minimum atomic E-state index is -0.470. The van der Waals surface area contributed by atoms with E-state index < -0.39 is 6.09 Å². The molecule has 19 heavy (non-hydrogen) atoms. The molecule has 1 aromatic carbocycles. The number of amides is 1. The predicted octanol–water partition coefficient (Wildman–Crippen LogP) is 2.09. The Kier molecular flexibility index (Phi) is 4.34. The van der Waals surface area contributed by atoms with Crippen molar-refractivity contribution in [2.75, 3.05) is 5.73 Å². The molecule has 0 aliphatic carbocycles. The second kappa shape index (κ2) is 6.39. The number of alkyl carbamates (subject to hydrolysis) is 1. The van der Waals surface area contributed by atoms with E-state index in [1.54, 1.807) is 18.3 Å². The van der Waals surface area contributed by atoms with Crippen molar-refractivity contribution in [3.05, 3.63) is 59.9 Å². The maximum absolute atomic E-state index is 11.5. The van der Waals surface area contributed by atoms with Crippen LogP contribution in [0.25, 0.3) is 0 Å². The van der Waals surface area contributed by atoms with Gasteiger partial charge in [-0.3, -0.25) is 4.98 Å². The Hall–Kier alpha value is -2.56. The van der Waals surface area contributed by atoms with E-state index in [-0.39, 0.29) is 6.61 Å². The fourth-order valence-corrected chi connectivity index (χ4v) is 1.48. The summed E-state index contributed by atoms with van der Waals surface area (Å²) in [6, 6.07) is 13.0. The number of nitrogens with one attached hydrogen (secondary N) is 1. The van der Waals surface area contributed by atoms with Gasteiger partial charge in [-0.2, -0.15) is 0 Å². The molecule has 5 heteroatoms. The van der Waals surface area contributed by atoms with Gasteiger partial charge in [0.2, 0.25) is 0 Å². The number of nitrogens with two attached hydrogens (primary N) is 1. The SMILES string of the molecule is Nc1ccc(CNC(=O)OCc2ccccc2)nc1. The Morgan fingerprint density at radius 2 is 2.00 bits per heavy atom. The highest BCUT2D eigenvalue weighted by Gasteiger charge is 2.03. The first-order chi connectivity index (χ1) is 9.24. The second-order valence-corrected chi connectivity index (χ2v) is 4.00. The molecule has 1 heterocycles. The number of nitrogen functional groups attached to an aromatic ring is 1. The van der Waals surface area contributed by atoms with Crippen molar-refractivity contribution in [3.8, 4) is 0 Å². The largest absolute Gasteiger partial charge is 0.445 e. The summed E-state index contributed by atoms with van der Waals surface area (Å²) in [6.07, 6.45) is 1.08. The van der Waals surface area contributed by atoms with Crippen LogP contribution in [-0.4, -0.2) is 11.1 Å². The molecule has 0 unspecified atom stereocenters. The van der Waals surface area contributed by atoms with E-state index >= 15 is 0 Å². The van der Waals surface area contributed by atoms with Gasteiger partial charge in [0.15, 0.2) is 0 Å². The quantitative estimate of drug-likeness (QED) is 0.879. The lowest BCUT2D eigenvalue weighted by Gasteiger charge is -2.06. The summed E-state index contributed by atoms with van der Waals surface area (Å²) in [5.41, 5.74) is 7.79. The minimum absolute atomic E-state index is 0.252. The molecule has 0 fully saturated rings. The van der Waals surface area contributed by atoms with Gasteiger partial charge in [-0.05, 0) is 17.7 Å². The number of anilines is 1. The van der Waals surface area contributed by atoms with Crippen LogP contribution in [0.1, 0.15) is 11.3 Å². The van der Waals surface area contributed by atoms with E-state index in [9.17, 15) is 4.79 Å². The number of hydrogen-bond donors (Lipinski definition) is 2. The molecular weight excluding hydrogens is 242 g/mol. The van der Waals surface area contributed by atoms with Crippen molar-refractivity contribution in [1.82, 2.24) is 10.3 Å². The van der Waals surface area contributed by atoms with E-state index in [0.717, 1.165) is 11.3 Å². The molecule has 2 aromatic rings. The van der Waals surface area contributed by atoms with Gasteiger partial charge in [0.05, 0.1) is 24.1 Å². The van der Waals surface area contributed by atoms with E-state index in [2.05, 4.69) is 10.3 Å². The first-order valence-electron chi connectivity index (χ1n) is 5.89. The molecule has 1 aromatic heterocycles. The molecule has 0 atom stereocenters. The molecule has 1 amide bonds. The summed E-state index contributed by atoms with van der Waals surface area (Å²) in [6.45, 7) is 0.565. The zero-order chi connectivity index (χ0) is 13.5.